The molecule has 2 rings (SSSR count). The second-order valence-electron chi connectivity index (χ2n) is 4.57. The molecule has 2 aromatic rings. The van der Waals surface area contributed by atoms with Gasteiger partial charge in [-0.2, -0.15) is 0 Å². The Morgan fingerprint density at radius 2 is 1.91 bits per heavy atom. The number of carbonyl (C=O) groups excluding carboxylic acids is 1. The van der Waals surface area contributed by atoms with Crippen molar-refractivity contribution < 1.29 is 17.6 Å². The molecule has 0 aliphatic heterocycles. The highest BCUT2D eigenvalue weighted by molar-refractivity contribution is 7.92. The fraction of sp³-hybridized carbons (Fsp3) is 0.143. The van der Waals surface area contributed by atoms with Crippen LogP contribution < -0.4 is 10.0 Å². The van der Waals surface area contributed by atoms with Crippen molar-refractivity contribution in [2.75, 3.05) is 11.0 Å². The van der Waals surface area contributed by atoms with Crippen LogP contribution in [-0.2, 0) is 16.6 Å². The monoisotopic (exact) mass is 323 g/mol. The number of nitrogens with zero attached hydrogens (tertiary/aromatic N) is 1. The predicted octanol–water partition coefficient (Wildman–Crippen LogP) is 1.52. The van der Waals surface area contributed by atoms with Gasteiger partial charge >= 0.3 is 0 Å². The van der Waals surface area contributed by atoms with E-state index in [1.54, 1.807) is 0 Å². The summed E-state index contributed by atoms with van der Waals surface area (Å²) in [6.07, 6.45) is 2.48. The highest BCUT2D eigenvalue weighted by Crippen LogP contribution is 2.11. The van der Waals surface area contributed by atoms with Crippen LogP contribution in [0.1, 0.15) is 16.1 Å². The lowest BCUT2D eigenvalue weighted by Gasteiger charge is -2.07. The van der Waals surface area contributed by atoms with E-state index in [0.29, 0.717) is 11.3 Å². The number of sulfonamides is 1. The minimum Gasteiger partial charge on any atom is -0.346 e. The van der Waals surface area contributed by atoms with Crippen molar-refractivity contribution in [1.82, 2.24) is 10.3 Å². The first kappa shape index (κ1) is 15.9. The highest BCUT2D eigenvalue weighted by Gasteiger charge is 2.09. The molecule has 1 aromatic carbocycles. The van der Waals surface area contributed by atoms with E-state index in [1.165, 1.54) is 42.6 Å². The predicted molar refractivity (Wildman–Crippen MR) is 80.3 cm³/mol. The van der Waals surface area contributed by atoms with Crippen LogP contribution in [0.15, 0.2) is 42.6 Å². The van der Waals surface area contributed by atoms with Gasteiger partial charge in [0, 0.05) is 17.4 Å². The summed E-state index contributed by atoms with van der Waals surface area (Å²) in [7, 11) is -3.36. The molecule has 0 aliphatic rings. The van der Waals surface area contributed by atoms with E-state index in [9.17, 15) is 17.6 Å². The third-order valence-electron chi connectivity index (χ3n) is 2.70. The largest absolute Gasteiger partial charge is 0.346 e. The Kier molecular flexibility index (Phi) is 4.71. The van der Waals surface area contributed by atoms with Gasteiger partial charge in [0.2, 0.25) is 10.0 Å². The number of carbonyl (C=O) groups is 1. The molecule has 22 heavy (non-hydrogen) atoms. The summed E-state index contributed by atoms with van der Waals surface area (Å²) >= 11 is 0. The van der Waals surface area contributed by atoms with E-state index in [1.807, 2.05) is 0 Å². The molecule has 0 saturated heterocycles. The molecule has 2 N–H and O–H groups in total. The van der Waals surface area contributed by atoms with E-state index in [2.05, 4.69) is 15.0 Å². The van der Waals surface area contributed by atoms with Crippen LogP contribution in [0.4, 0.5) is 10.1 Å². The van der Waals surface area contributed by atoms with Crippen molar-refractivity contribution in [2.24, 2.45) is 0 Å². The van der Waals surface area contributed by atoms with Crippen LogP contribution in [0, 0.1) is 5.82 Å². The maximum atomic E-state index is 13.4. The molecule has 1 heterocycles. The number of pyridine rings is 1. The first-order chi connectivity index (χ1) is 10.3. The van der Waals surface area contributed by atoms with Gasteiger partial charge in [-0.1, -0.05) is 0 Å². The van der Waals surface area contributed by atoms with Crippen molar-refractivity contribution in [1.29, 1.82) is 0 Å². The Bertz CT molecular complexity index is 776. The number of amides is 1. The molecule has 116 valence electrons. The van der Waals surface area contributed by atoms with Gasteiger partial charge in [0.25, 0.3) is 5.91 Å². The zero-order valence-corrected chi connectivity index (χ0v) is 12.5. The maximum absolute atomic E-state index is 13.4. The van der Waals surface area contributed by atoms with Crippen molar-refractivity contribution >= 4 is 21.6 Å². The summed E-state index contributed by atoms with van der Waals surface area (Å²) in [5, 5.41) is 2.54. The molecular weight excluding hydrogens is 309 g/mol. The fourth-order valence-electron chi connectivity index (χ4n) is 1.72. The van der Waals surface area contributed by atoms with Crippen molar-refractivity contribution in [3.05, 3.63) is 59.7 Å². The number of aromatic nitrogens is 1. The molecule has 0 atom stereocenters. The van der Waals surface area contributed by atoms with Crippen molar-refractivity contribution in [2.45, 2.75) is 6.54 Å². The smallest absolute Gasteiger partial charge is 0.251 e. The molecule has 0 spiro atoms. The lowest BCUT2D eigenvalue weighted by atomic mass is 10.2. The van der Waals surface area contributed by atoms with Crippen LogP contribution in [0.25, 0.3) is 0 Å². The van der Waals surface area contributed by atoms with Gasteiger partial charge in [-0.25, -0.2) is 12.8 Å². The van der Waals surface area contributed by atoms with E-state index < -0.39 is 21.7 Å². The first-order valence-corrected chi connectivity index (χ1v) is 8.20. The molecule has 0 unspecified atom stereocenters. The molecule has 8 heteroatoms. The summed E-state index contributed by atoms with van der Waals surface area (Å²) in [6.45, 7) is -0.0329. The standard InChI is InChI=1S/C14H14FN3O3S/c1-22(20,21)18-11-6-4-10(5-7-11)14(19)17-9-13-12(15)3-2-8-16-13/h2-8,18H,9H2,1H3,(H,17,19). The van der Waals surface area contributed by atoms with Crippen LogP contribution in [0.5, 0.6) is 0 Å². The Hall–Kier alpha value is -2.48. The van der Waals surface area contributed by atoms with Gasteiger partial charge in [0.15, 0.2) is 0 Å². The van der Waals surface area contributed by atoms with E-state index in [-0.39, 0.29) is 12.2 Å². The SMILES string of the molecule is CS(=O)(=O)Nc1ccc(C(=O)NCc2ncccc2F)cc1. The second kappa shape index (κ2) is 6.52. The molecule has 6 nitrogen and oxygen atoms in total. The summed E-state index contributed by atoms with van der Waals surface area (Å²) in [4.78, 5) is 15.8. The van der Waals surface area contributed by atoms with Crippen LogP contribution in [-0.4, -0.2) is 25.6 Å². The van der Waals surface area contributed by atoms with Gasteiger partial charge in [-0.3, -0.25) is 14.5 Å². The average molecular weight is 323 g/mol. The van der Waals surface area contributed by atoms with Crippen LogP contribution in [0.2, 0.25) is 0 Å². The third-order valence-corrected chi connectivity index (χ3v) is 3.31. The van der Waals surface area contributed by atoms with Crippen molar-refractivity contribution in [3.63, 3.8) is 0 Å². The number of benzene rings is 1. The van der Waals surface area contributed by atoms with E-state index in [0.717, 1.165) is 6.26 Å². The Balaban J connectivity index is 2.00. The Labute approximate surface area is 127 Å². The molecule has 0 bridgehead atoms. The molecule has 0 fully saturated rings. The van der Waals surface area contributed by atoms with Gasteiger partial charge in [0.1, 0.15) is 5.82 Å². The number of nitrogens with one attached hydrogen (secondary N) is 2. The Morgan fingerprint density at radius 1 is 1.23 bits per heavy atom. The summed E-state index contributed by atoms with van der Waals surface area (Å²) in [5.74, 6) is -0.897. The maximum Gasteiger partial charge on any atom is 0.251 e. The first-order valence-electron chi connectivity index (χ1n) is 6.30. The third kappa shape index (κ3) is 4.52. The average Bonchev–Trinajstić information content (AvgIpc) is 2.45. The minimum absolute atomic E-state index is 0.0329. The molecule has 1 aromatic heterocycles. The highest BCUT2D eigenvalue weighted by atomic mass is 32.2. The topological polar surface area (TPSA) is 88.2 Å². The molecule has 0 radical (unpaired) electrons. The summed E-state index contributed by atoms with van der Waals surface area (Å²) in [5.41, 5.74) is 0.830. The lowest BCUT2D eigenvalue weighted by Crippen LogP contribution is -2.23. The zero-order chi connectivity index (χ0) is 16.2. The zero-order valence-electron chi connectivity index (χ0n) is 11.7. The van der Waals surface area contributed by atoms with Crippen molar-refractivity contribution in [3.8, 4) is 0 Å². The van der Waals surface area contributed by atoms with Gasteiger partial charge in [-0.15, -0.1) is 0 Å². The molecular formula is C14H14FN3O3S. The van der Waals surface area contributed by atoms with Crippen LogP contribution in [0.3, 0.4) is 0 Å². The number of hydrogen-bond donors (Lipinski definition) is 2. The Morgan fingerprint density at radius 3 is 2.50 bits per heavy atom. The van der Waals surface area contributed by atoms with Gasteiger partial charge in [0.05, 0.1) is 18.5 Å². The molecule has 0 aliphatic carbocycles. The molecule has 0 saturated carbocycles. The minimum atomic E-state index is -3.36. The second-order valence-corrected chi connectivity index (χ2v) is 6.31. The van der Waals surface area contributed by atoms with Gasteiger partial charge in [-0.05, 0) is 36.4 Å². The van der Waals surface area contributed by atoms with Gasteiger partial charge < -0.3 is 5.32 Å². The summed E-state index contributed by atoms with van der Waals surface area (Å²) < 4.78 is 37.8. The number of halogens is 1. The number of hydrogen-bond acceptors (Lipinski definition) is 4. The van der Waals surface area contributed by atoms with Crippen LogP contribution >= 0.6 is 0 Å². The molecule has 1 amide bonds. The normalized spacial score (nSPS) is 11.0. The lowest BCUT2D eigenvalue weighted by molar-refractivity contribution is 0.0950. The summed E-state index contributed by atoms with van der Waals surface area (Å²) in [6, 6.07) is 8.61. The van der Waals surface area contributed by atoms with E-state index >= 15 is 0 Å². The quantitative estimate of drug-likeness (QED) is 0.873. The van der Waals surface area contributed by atoms with E-state index in [4.69, 9.17) is 0 Å². The fourth-order valence-corrected chi connectivity index (χ4v) is 2.28. The number of anilines is 1. The number of rotatable bonds is 5.